The topological polar surface area (TPSA) is 50.8 Å². The molecule has 0 aliphatic carbocycles. The van der Waals surface area contributed by atoms with Crippen LogP contribution in [0.2, 0.25) is 5.02 Å². The highest BCUT2D eigenvalue weighted by Crippen LogP contribution is 2.33. The lowest BCUT2D eigenvalue weighted by Crippen LogP contribution is -2.40. The highest BCUT2D eigenvalue weighted by molar-refractivity contribution is 6.31. The van der Waals surface area contributed by atoms with Crippen LogP contribution in [0.1, 0.15) is 36.9 Å². The Morgan fingerprint density at radius 3 is 2.62 bits per heavy atom. The van der Waals surface area contributed by atoms with Crippen LogP contribution in [-0.2, 0) is 11.3 Å². The van der Waals surface area contributed by atoms with Crippen molar-refractivity contribution in [2.45, 2.75) is 32.4 Å². The van der Waals surface area contributed by atoms with Crippen LogP contribution in [0.15, 0.2) is 42.5 Å². The maximum Gasteiger partial charge on any atom is 0.223 e. The van der Waals surface area contributed by atoms with Gasteiger partial charge in [0.05, 0.1) is 6.04 Å². The van der Waals surface area contributed by atoms with Gasteiger partial charge in [-0.1, -0.05) is 35.9 Å². The van der Waals surface area contributed by atoms with E-state index in [2.05, 4.69) is 16.3 Å². The first kappa shape index (κ1) is 20.0. The Labute approximate surface area is 176 Å². The Morgan fingerprint density at radius 1 is 1.14 bits per heavy atom. The van der Waals surface area contributed by atoms with Crippen LogP contribution in [0, 0.1) is 5.92 Å². The van der Waals surface area contributed by atoms with Crippen LogP contribution >= 0.6 is 11.6 Å². The highest BCUT2D eigenvalue weighted by Gasteiger charge is 2.26. The molecule has 1 fully saturated rings. The standard InChI is InChI=1S/C23H27ClN2O3/c1-16(18-6-7-21-22(14-18)29-13-12-28-21)25-23(27)17-8-10-26(11-9-17)15-19-4-2-3-5-20(19)24/h2-7,14,16-17H,8-13,15H2,1H3,(H,25,27)/t16-/m0/s1. The first-order valence-corrected chi connectivity index (χ1v) is 10.6. The second-order valence-electron chi connectivity index (χ2n) is 7.78. The summed E-state index contributed by atoms with van der Waals surface area (Å²) in [4.78, 5) is 15.2. The zero-order chi connectivity index (χ0) is 20.2. The van der Waals surface area contributed by atoms with E-state index in [4.69, 9.17) is 21.1 Å². The minimum atomic E-state index is -0.0699. The monoisotopic (exact) mass is 414 g/mol. The van der Waals surface area contributed by atoms with Crippen molar-refractivity contribution in [2.75, 3.05) is 26.3 Å². The lowest BCUT2D eigenvalue weighted by molar-refractivity contribution is -0.127. The third-order valence-corrected chi connectivity index (χ3v) is 6.10. The maximum absolute atomic E-state index is 12.8. The number of carbonyl (C=O) groups excluding carboxylic acids is 1. The van der Waals surface area contributed by atoms with Crippen molar-refractivity contribution in [3.05, 3.63) is 58.6 Å². The fourth-order valence-electron chi connectivity index (χ4n) is 3.96. The molecule has 1 amide bonds. The number of likely N-dealkylation sites (tertiary alicyclic amines) is 1. The number of halogens is 1. The molecule has 29 heavy (non-hydrogen) atoms. The minimum absolute atomic E-state index is 0.0529. The van der Waals surface area contributed by atoms with E-state index in [-0.39, 0.29) is 17.9 Å². The molecule has 2 aliphatic rings. The van der Waals surface area contributed by atoms with Crippen molar-refractivity contribution in [3.63, 3.8) is 0 Å². The summed E-state index contributed by atoms with van der Waals surface area (Å²) >= 11 is 6.27. The number of ether oxygens (including phenoxy) is 2. The number of rotatable bonds is 5. The number of nitrogens with one attached hydrogen (secondary N) is 1. The van der Waals surface area contributed by atoms with Gasteiger partial charge in [0, 0.05) is 17.5 Å². The van der Waals surface area contributed by atoms with Crippen molar-refractivity contribution in [1.82, 2.24) is 10.2 Å². The fraction of sp³-hybridized carbons (Fsp3) is 0.435. The normalized spacial score (nSPS) is 18.3. The molecule has 0 aromatic heterocycles. The van der Waals surface area contributed by atoms with Crippen molar-refractivity contribution < 1.29 is 14.3 Å². The summed E-state index contributed by atoms with van der Waals surface area (Å²) < 4.78 is 11.2. The molecular formula is C23H27ClN2O3. The quantitative estimate of drug-likeness (QED) is 0.796. The summed E-state index contributed by atoms with van der Waals surface area (Å²) in [5.41, 5.74) is 2.17. The van der Waals surface area contributed by atoms with Crippen LogP contribution in [0.5, 0.6) is 11.5 Å². The predicted octanol–water partition coefficient (Wildman–Crippen LogP) is 4.20. The smallest absolute Gasteiger partial charge is 0.223 e. The van der Waals surface area contributed by atoms with Crippen LogP contribution in [-0.4, -0.2) is 37.1 Å². The number of piperidine rings is 1. The molecule has 2 heterocycles. The molecule has 1 atom stereocenters. The van der Waals surface area contributed by atoms with E-state index in [0.717, 1.165) is 60.1 Å². The average Bonchev–Trinajstić information content (AvgIpc) is 2.75. The number of benzene rings is 2. The van der Waals surface area contributed by atoms with E-state index in [0.29, 0.717) is 13.2 Å². The largest absolute Gasteiger partial charge is 0.486 e. The van der Waals surface area contributed by atoms with Gasteiger partial charge in [0.25, 0.3) is 0 Å². The zero-order valence-corrected chi connectivity index (χ0v) is 17.5. The number of amides is 1. The minimum Gasteiger partial charge on any atom is -0.486 e. The highest BCUT2D eigenvalue weighted by atomic mass is 35.5. The number of fused-ring (bicyclic) bond motifs is 1. The van der Waals surface area contributed by atoms with Crippen molar-refractivity contribution in [3.8, 4) is 11.5 Å². The van der Waals surface area contributed by atoms with Crippen molar-refractivity contribution in [2.24, 2.45) is 5.92 Å². The molecule has 0 bridgehead atoms. The third-order valence-electron chi connectivity index (χ3n) is 5.74. The van der Waals surface area contributed by atoms with E-state index >= 15 is 0 Å². The molecule has 0 saturated carbocycles. The third kappa shape index (κ3) is 4.85. The SMILES string of the molecule is C[C@H](NC(=O)C1CCN(Cc2ccccc2Cl)CC1)c1ccc2c(c1)OCCO2. The average molecular weight is 415 g/mol. The summed E-state index contributed by atoms with van der Waals surface area (Å²) in [6.45, 7) is 5.79. The molecule has 2 aromatic rings. The second kappa shape index (κ2) is 9.06. The number of nitrogens with zero attached hydrogens (tertiary/aromatic N) is 1. The summed E-state index contributed by atoms with van der Waals surface area (Å²) in [5.74, 6) is 1.70. The molecule has 0 spiro atoms. The molecule has 0 radical (unpaired) electrons. The van der Waals surface area contributed by atoms with Crippen LogP contribution in [0.3, 0.4) is 0 Å². The maximum atomic E-state index is 12.8. The molecule has 6 heteroatoms. The van der Waals surface area contributed by atoms with E-state index < -0.39 is 0 Å². The van der Waals surface area contributed by atoms with Gasteiger partial charge in [0.2, 0.25) is 5.91 Å². The van der Waals surface area contributed by atoms with Gasteiger partial charge in [-0.25, -0.2) is 0 Å². The van der Waals surface area contributed by atoms with Crippen LogP contribution in [0.25, 0.3) is 0 Å². The number of hydrogen-bond acceptors (Lipinski definition) is 4. The van der Waals surface area contributed by atoms with Crippen LogP contribution < -0.4 is 14.8 Å². The molecule has 1 saturated heterocycles. The van der Waals surface area contributed by atoms with Gasteiger partial charge in [-0.05, 0) is 62.2 Å². The summed E-state index contributed by atoms with van der Waals surface area (Å²) in [6.07, 6.45) is 1.73. The first-order chi connectivity index (χ1) is 14.1. The summed E-state index contributed by atoms with van der Waals surface area (Å²) in [5, 5.41) is 3.98. The lowest BCUT2D eigenvalue weighted by atomic mass is 9.94. The molecule has 1 N–H and O–H groups in total. The molecule has 2 aliphatic heterocycles. The summed E-state index contributed by atoms with van der Waals surface area (Å²) in [7, 11) is 0. The Morgan fingerprint density at radius 2 is 1.86 bits per heavy atom. The Balaban J connectivity index is 1.29. The van der Waals surface area contributed by atoms with Gasteiger partial charge in [-0.2, -0.15) is 0 Å². The van der Waals surface area contributed by atoms with Crippen LogP contribution in [0.4, 0.5) is 0 Å². The van der Waals surface area contributed by atoms with Gasteiger partial charge in [-0.15, -0.1) is 0 Å². The van der Waals surface area contributed by atoms with Gasteiger partial charge in [0.15, 0.2) is 11.5 Å². The second-order valence-corrected chi connectivity index (χ2v) is 8.18. The fourth-order valence-corrected chi connectivity index (χ4v) is 4.16. The van der Waals surface area contributed by atoms with Gasteiger partial charge >= 0.3 is 0 Å². The predicted molar refractivity (Wildman–Crippen MR) is 113 cm³/mol. The Hall–Kier alpha value is -2.24. The van der Waals surface area contributed by atoms with E-state index in [1.807, 2.05) is 43.3 Å². The van der Waals surface area contributed by atoms with E-state index in [1.165, 1.54) is 0 Å². The molecule has 0 unspecified atom stereocenters. The Kier molecular flexibility index (Phi) is 6.26. The number of hydrogen-bond donors (Lipinski definition) is 1. The number of carbonyl (C=O) groups is 1. The van der Waals surface area contributed by atoms with Crippen molar-refractivity contribution in [1.29, 1.82) is 0 Å². The molecular weight excluding hydrogens is 388 g/mol. The van der Waals surface area contributed by atoms with E-state index in [1.54, 1.807) is 0 Å². The molecule has 5 nitrogen and oxygen atoms in total. The lowest BCUT2D eigenvalue weighted by Gasteiger charge is -2.32. The molecule has 154 valence electrons. The van der Waals surface area contributed by atoms with Gasteiger partial charge in [0.1, 0.15) is 13.2 Å². The molecule has 2 aromatic carbocycles. The van der Waals surface area contributed by atoms with Crippen molar-refractivity contribution >= 4 is 17.5 Å². The first-order valence-electron chi connectivity index (χ1n) is 10.3. The van der Waals surface area contributed by atoms with Gasteiger partial charge in [-0.3, -0.25) is 9.69 Å². The Bertz CT molecular complexity index is 865. The van der Waals surface area contributed by atoms with Gasteiger partial charge < -0.3 is 14.8 Å². The zero-order valence-electron chi connectivity index (χ0n) is 16.7. The molecule has 4 rings (SSSR count). The summed E-state index contributed by atoms with van der Waals surface area (Å²) in [6, 6.07) is 13.8. The van der Waals surface area contributed by atoms with E-state index in [9.17, 15) is 4.79 Å².